The number of hydrogen-bond donors (Lipinski definition) is 4. The van der Waals surface area contributed by atoms with Crippen LogP contribution < -0.4 is 0 Å². The van der Waals surface area contributed by atoms with Crippen LogP contribution in [0.25, 0.3) is 0 Å². The summed E-state index contributed by atoms with van der Waals surface area (Å²) in [5.74, 6) is -6.15. The van der Waals surface area contributed by atoms with Crippen LogP contribution in [-0.2, 0) is 19.2 Å². The minimum Gasteiger partial charge on any atom is -0.481 e. The first-order valence-electron chi connectivity index (χ1n) is 6.11. The standard InChI is InChI=1S/C6H8O4.C6H10O4/c7-4(8)6(5(9)10)2-1-3-6;1-2-3-4(5(7)8)6(9)10/h1-3H2,(H,7,8)(H,9,10);4H,2-3H2,1H3,(H,7,8)(H,9,10). The Hall–Kier alpha value is -2.12. The van der Waals surface area contributed by atoms with E-state index in [-0.39, 0.29) is 19.3 Å². The molecule has 0 heterocycles. The van der Waals surface area contributed by atoms with Gasteiger partial charge in [-0.25, -0.2) is 0 Å². The first-order chi connectivity index (χ1) is 9.19. The van der Waals surface area contributed by atoms with Crippen LogP contribution >= 0.6 is 0 Å². The minimum absolute atomic E-state index is 0.199. The molecule has 0 atom stereocenters. The molecular weight excluding hydrogens is 272 g/mol. The van der Waals surface area contributed by atoms with Crippen LogP contribution in [0.5, 0.6) is 0 Å². The summed E-state index contributed by atoms with van der Waals surface area (Å²) in [7, 11) is 0. The van der Waals surface area contributed by atoms with E-state index in [1.54, 1.807) is 6.92 Å². The second-order valence-corrected chi connectivity index (χ2v) is 4.56. The summed E-state index contributed by atoms with van der Waals surface area (Å²) in [6.07, 6.45) is 2.03. The van der Waals surface area contributed by atoms with E-state index in [1.165, 1.54) is 0 Å². The number of hydrogen-bond acceptors (Lipinski definition) is 4. The Morgan fingerprint density at radius 2 is 1.35 bits per heavy atom. The zero-order chi connectivity index (χ0) is 15.9. The zero-order valence-electron chi connectivity index (χ0n) is 11.0. The first kappa shape index (κ1) is 17.9. The van der Waals surface area contributed by atoms with Gasteiger partial charge >= 0.3 is 23.9 Å². The lowest BCUT2D eigenvalue weighted by molar-refractivity contribution is -0.171. The molecule has 20 heavy (non-hydrogen) atoms. The Balaban J connectivity index is 0.000000361. The predicted octanol–water partition coefficient (Wildman–Crippen LogP) is 0.898. The third-order valence-corrected chi connectivity index (χ3v) is 3.20. The highest BCUT2D eigenvalue weighted by Gasteiger charge is 2.51. The fraction of sp³-hybridized carbons (Fsp3) is 0.667. The molecule has 1 aliphatic carbocycles. The van der Waals surface area contributed by atoms with Crippen LogP contribution in [0.3, 0.4) is 0 Å². The van der Waals surface area contributed by atoms with Crippen molar-refractivity contribution in [1.29, 1.82) is 0 Å². The molecule has 8 nitrogen and oxygen atoms in total. The van der Waals surface area contributed by atoms with Gasteiger partial charge < -0.3 is 20.4 Å². The summed E-state index contributed by atoms with van der Waals surface area (Å²) in [4.78, 5) is 41.0. The Kier molecular flexibility index (Phi) is 6.67. The molecule has 1 saturated carbocycles. The van der Waals surface area contributed by atoms with Gasteiger partial charge in [0.1, 0.15) is 0 Å². The number of carboxylic acids is 4. The van der Waals surface area contributed by atoms with Crippen LogP contribution in [0.2, 0.25) is 0 Å². The molecule has 1 fully saturated rings. The predicted molar refractivity (Wildman–Crippen MR) is 65.2 cm³/mol. The van der Waals surface area contributed by atoms with E-state index in [0.29, 0.717) is 12.8 Å². The molecular formula is C12H18O8. The lowest BCUT2D eigenvalue weighted by Gasteiger charge is -2.32. The fourth-order valence-electron chi connectivity index (χ4n) is 1.69. The van der Waals surface area contributed by atoms with Crippen LogP contribution in [0, 0.1) is 11.3 Å². The van der Waals surface area contributed by atoms with Crippen molar-refractivity contribution in [3.05, 3.63) is 0 Å². The maximum absolute atomic E-state index is 10.4. The van der Waals surface area contributed by atoms with Crippen molar-refractivity contribution in [2.75, 3.05) is 0 Å². The molecule has 1 aliphatic rings. The van der Waals surface area contributed by atoms with Gasteiger partial charge in [0.05, 0.1) is 0 Å². The molecule has 0 unspecified atom stereocenters. The number of aliphatic carboxylic acids is 4. The average molecular weight is 290 g/mol. The summed E-state index contributed by atoms with van der Waals surface area (Å²) in [5.41, 5.74) is -1.44. The average Bonchev–Trinajstić information content (AvgIpc) is 2.22. The Bertz CT molecular complexity index is 366. The quantitative estimate of drug-likeness (QED) is 0.527. The van der Waals surface area contributed by atoms with Gasteiger partial charge in [-0.05, 0) is 25.7 Å². The van der Waals surface area contributed by atoms with E-state index in [9.17, 15) is 19.2 Å². The topological polar surface area (TPSA) is 149 Å². The molecule has 0 amide bonds. The molecule has 0 aliphatic heterocycles. The third kappa shape index (κ3) is 4.22. The van der Waals surface area contributed by atoms with Gasteiger partial charge in [-0.3, -0.25) is 19.2 Å². The normalized spacial score (nSPS) is 15.5. The molecule has 8 heteroatoms. The lowest BCUT2D eigenvalue weighted by Crippen LogP contribution is -2.44. The van der Waals surface area contributed by atoms with E-state index in [2.05, 4.69) is 0 Å². The SMILES string of the molecule is CCCC(C(=O)O)C(=O)O.O=C(O)C1(C(=O)O)CCC1. The Morgan fingerprint density at radius 3 is 1.40 bits per heavy atom. The monoisotopic (exact) mass is 290 g/mol. The van der Waals surface area contributed by atoms with Crippen molar-refractivity contribution in [2.24, 2.45) is 11.3 Å². The van der Waals surface area contributed by atoms with Gasteiger partial charge in [-0.2, -0.15) is 0 Å². The first-order valence-corrected chi connectivity index (χ1v) is 6.11. The van der Waals surface area contributed by atoms with Crippen molar-refractivity contribution < 1.29 is 39.6 Å². The van der Waals surface area contributed by atoms with Gasteiger partial charge in [-0.15, -0.1) is 0 Å². The van der Waals surface area contributed by atoms with Gasteiger partial charge in [0.25, 0.3) is 0 Å². The van der Waals surface area contributed by atoms with Gasteiger partial charge in [-0.1, -0.05) is 13.3 Å². The van der Waals surface area contributed by atoms with Crippen molar-refractivity contribution in [3.8, 4) is 0 Å². The van der Waals surface area contributed by atoms with E-state index < -0.39 is 35.2 Å². The van der Waals surface area contributed by atoms with Crippen molar-refractivity contribution in [2.45, 2.75) is 39.0 Å². The number of carboxylic acid groups (broad SMARTS) is 4. The van der Waals surface area contributed by atoms with Gasteiger partial charge in [0, 0.05) is 0 Å². The second kappa shape index (κ2) is 7.46. The smallest absolute Gasteiger partial charge is 0.321 e. The number of rotatable bonds is 6. The zero-order valence-corrected chi connectivity index (χ0v) is 11.0. The third-order valence-electron chi connectivity index (χ3n) is 3.20. The van der Waals surface area contributed by atoms with Gasteiger partial charge in [0.15, 0.2) is 11.3 Å². The molecule has 0 spiro atoms. The maximum atomic E-state index is 10.4. The summed E-state index contributed by atoms with van der Waals surface area (Å²) in [5, 5.41) is 33.5. The van der Waals surface area contributed by atoms with E-state index in [4.69, 9.17) is 20.4 Å². The second-order valence-electron chi connectivity index (χ2n) is 4.56. The van der Waals surface area contributed by atoms with E-state index >= 15 is 0 Å². The van der Waals surface area contributed by atoms with Crippen LogP contribution in [0.4, 0.5) is 0 Å². The van der Waals surface area contributed by atoms with Crippen molar-refractivity contribution in [3.63, 3.8) is 0 Å². The highest BCUT2D eigenvalue weighted by Crippen LogP contribution is 2.41. The largest absolute Gasteiger partial charge is 0.481 e. The lowest BCUT2D eigenvalue weighted by atomic mass is 9.69. The molecule has 0 saturated heterocycles. The van der Waals surface area contributed by atoms with Crippen molar-refractivity contribution >= 4 is 23.9 Å². The molecule has 0 aromatic heterocycles. The Labute approximate surface area is 115 Å². The molecule has 0 aromatic carbocycles. The molecule has 0 bridgehead atoms. The highest BCUT2D eigenvalue weighted by atomic mass is 16.4. The van der Waals surface area contributed by atoms with Crippen LogP contribution in [-0.4, -0.2) is 44.3 Å². The van der Waals surface area contributed by atoms with Crippen LogP contribution in [0.1, 0.15) is 39.0 Å². The molecule has 0 radical (unpaired) electrons. The van der Waals surface area contributed by atoms with E-state index in [0.717, 1.165) is 0 Å². The summed E-state index contributed by atoms with van der Waals surface area (Å²) >= 11 is 0. The number of carbonyl (C=O) groups is 4. The summed E-state index contributed by atoms with van der Waals surface area (Å²) in [6.45, 7) is 1.75. The molecule has 114 valence electrons. The summed E-state index contributed by atoms with van der Waals surface area (Å²) < 4.78 is 0. The van der Waals surface area contributed by atoms with E-state index in [1.807, 2.05) is 0 Å². The molecule has 1 rings (SSSR count). The maximum Gasteiger partial charge on any atom is 0.321 e. The van der Waals surface area contributed by atoms with Crippen LogP contribution in [0.15, 0.2) is 0 Å². The molecule has 0 aromatic rings. The minimum atomic E-state index is -1.44. The van der Waals surface area contributed by atoms with Gasteiger partial charge in [0.2, 0.25) is 0 Å². The highest BCUT2D eigenvalue weighted by molar-refractivity contribution is 5.99. The van der Waals surface area contributed by atoms with Crippen molar-refractivity contribution in [1.82, 2.24) is 0 Å². The fourth-order valence-corrected chi connectivity index (χ4v) is 1.69. The summed E-state index contributed by atoms with van der Waals surface area (Å²) in [6, 6.07) is 0. The molecule has 4 N–H and O–H groups in total. The Morgan fingerprint density at radius 1 is 0.950 bits per heavy atom.